The van der Waals surface area contributed by atoms with Gasteiger partial charge in [0.05, 0.1) is 10.5 Å². The molecule has 110 valence electrons. The van der Waals surface area contributed by atoms with Gasteiger partial charge in [-0.3, -0.25) is 4.90 Å². The Hall–Kier alpha value is -0.780. The summed E-state index contributed by atoms with van der Waals surface area (Å²) in [4.78, 5) is 2.46. The van der Waals surface area contributed by atoms with Gasteiger partial charge in [-0.15, -0.1) is 0 Å². The van der Waals surface area contributed by atoms with Crippen LogP contribution in [0.25, 0.3) is 0 Å². The zero-order chi connectivity index (χ0) is 14.3. The van der Waals surface area contributed by atoms with Crippen LogP contribution in [0.15, 0.2) is 16.6 Å². The number of nitrogens with two attached hydrogens (primary N) is 1. The molecule has 2 heterocycles. The molecule has 2 unspecified atom stereocenters. The minimum absolute atomic E-state index is 0.173. The van der Waals surface area contributed by atoms with Crippen molar-refractivity contribution in [2.45, 2.75) is 38.4 Å². The molecule has 1 fully saturated rings. The molecule has 1 aromatic carbocycles. The van der Waals surface area contributed by atoms with E-state index in [1.807, 2.05) is 0 Å². The Morgan fingerprint density at radius 2 is 2.05 bits per heavy atom. The second kappa shape index (κ2) is 5.54. The predicted octanol–water partition coefficient (Wildman–Crippen LogP) is 2.70. The van der Waals surface area contributed by atoms with Gasteiger partial charge >= 0.3 is 0 Å². The van der Waals surface area contributed by atoms with Gasteiger partial charge in [0.15, 0.2) is 11.5 Å². The smallest absolute Gasteiger partial charge is 0.175 e. The average molecular weight is 341 g/mol. The second-order valence-electron chi connectivity index (χ2n) is 5.76. The molecule has 0 aliphatic carbocycles. The van der Waals surface area contributed by atoms with Crippen molar-refractivity contribution in [2.24, 2.45) is 5.73 Å². The highest BCUT2D eigenvalue weighted by molar-refractivity contribution is 9.10. The SMILES string of the molecule is CC(C)N1CCC(N)C1c1cc(Br)c2c(c1)OCCO2. The molecule has 0 spiro atoms. The molecular weight excluding hydrogens is 320 g/mol. The first-order valence-electron chi connectivity index (χ1n) is 7.18. The van der Waals surface area contributed by atoms with E-state index in [1.54, 1.807) is 0 Å². The van der Waals surface area contributed by atoms with E-state index < -0.39 is 0 Å². The summed E-state index contributed by atoms with van der Waals surface area (Å²) >= 11 is 3.59. The molecule has 2 aliphatic heterocycles. The van der Waals surface area contributed by atoms with Crippen molar-refractivity contribution in [3.8, 4) is 11.5 Å². The quantitative estimate of drug-likeness (QED) is 0.899. The van der Waals surface area contributed by atoms with E-state index in [4.69, 9.17) is 15.2 Å². The third-order valence-corrected chi connectivity index (χ3v) is 4.70. The standard InChI is InChI=1S/C15H21BrN2O2/c1-9(2)18-4-3-12(17)14(18)10-7-11(16)15-13(8-10)19-5-6-20-15/h7-9,12,14H,3-6,17H2,1-2H3. The topological polar surface area (TPSA) is 47.7 Å². The Labute approximate surface area is 128 Å². The minimum atomic E-state index is 0.173. The summed E-state index contributed by atoms with van der Waals surface area (Å²) in [6.07, 6.45) is 1.04. The van der Waals surface area contributed by atoms with Crippen LogP contribution in [0.1, 0.15) is 31.9 Å². The third kappa shape index (κ3) is 2.43. The lowest BCUT2D eigenvalue weighted by Gasteiger charge is -2.31. The first-order valence-corrected chi connectivity index (χ1v) is 7.97. The maximum Gasteiger partial charge on any atom is 0.175 e. The predicted molar refractivity (Wildman–Crippen MR) is 82.3 cm³/mol. The van der Waals surface area contributed by atoms with Crippen molar-refractivity contribution in [3.63, 3.8) is 0 Å². The van der Waals surface area contributed by atoms with Crippen LogP contribution in [0.5, 0.6) is 11.5 Å². The molecule has 1 aromatic rings. The molecule has 0 bridgehead atoms. The number of halogens is 1. The van der Waals surface area contributed by atoms with E-state index in [9.17, 15) is 0 Å². The van der Waals surface area contributed by atoms with Gasteiger partial charge < -0.3 is 15.2 Å². The van der Waals surface area contributed by atoms with Gasteiger partial charge in [0.1, 0.15) is 13.2 Å². The summed E-state index contributed by atoms with van der Waals surface area (Å²) in [5, 5.41) is 0. The fourth-order valence-electron chi connectivity index (χ4n) is 3.16. The normalized spacial score (nSPS) is 26.2. The van der Waals surface area contributed by atoms with Crippen LogP contribution < -0.4 is 15.2 Å². The first kappa shape index (κ1) is 14.2. The second-order valence-corrected chi connectivity index (χ2v) is 6.61. The van der Waals surface area contributed by atoms with Crippen molar-refractivity contribution in [3.05, 3.63) is 22.2 Å². The molecule has 2 atom stereocenters. The molecular formula is C15H21BrN2O2. The molecule has 20 heavy (non-hydrogen) atoms. The lowest BCUT2D eigenvalue weighted by atomic mass is 9.99. The summed E-state index contributed by atoms with van der Waals surface area (Å²) in [5.74, 6) is 1.63. The van der Waals surface area contributed by atoms with Gasteiger partial charge in [0, 0.05) is 18.6 Å². The maximum absolute atomic E-state index is 6.34. The van der Waals surface area contributed by atoms with Crippen LogP contribution in [-0.2, 0) is 0 Å². The van der Waals surface area contributed by atoms with Crippen LogP contribution in [0.3, 0.4) is 0 Å². The molecule has 1 saturated heterocycles. The molecule has 3 rings (SSSR count). The van der Waals surface area contributed by atoms with Gasteiger partial charge in [-0.25, -0.2) is 0 Å². The van der Waals surface area contributed by atoms with Crippen molar-refractivity contribution in [1.29, 1.82) is 0 Å². The number of likely N-dealkylation sites (tertiary alicyclic amines) is 1. The van der Waals surface area contributed by atoms with Crippen molar-refractivity contribution in [1.82, 2.24) is 4.90 Å². The van der Waals surface area contributed by atoms with E-state index in [0.29, 0.717) is 19.3 Å². The largest absolute Gasteiger partial charge is 0.486 e. The Morgan fingerprint density at radius 3 is 2.80 bits per heavy atom. The zero-order valence-corrected chi connectivity index (χ0v) is 13.5. The number of fused-ring (bicyclic) bond motifs is 1. The van der Waals surface area contributed by atoms with Crippen molar-refractivity contribution in [2.75, 3.05) is 19.8 Å². The zero-order valence-electron chi connectivity index (χ0n) is 11.9. The van der Waals surface area contributed by atoms with E-state index in [1.165, 1.54) is 5.56 Å². The Bertz CT molecular complexity index is 507. The Kier molecular flexibility index (Phi) is 3.93. The fourth-order valence-corrected chi connectivity index (χ4v) is 3.73. The van der Waals surface area contributed by atoms with Gasteiger partial charge in [-0.1, -0.05) is 0 Å². The Balaban J connectivity index is 1.99. The number of hydrogen-bond acceptors (Lipinski definition) is 4. The molecule has 0 saturated carbocycles. The minimum Gasteiger partial charge on any atom is -0.486 e. The molecule has 2 N–H and O–H groups in total. The molecule has 4 nitrogen and oxygen atoms in total. The molecule has 0 amide bonds. The van der Waals surface area contributed by atoms with Crippen LogP contribution in [0, 0.1) is 0 Å². The van der Waals surface area contributed by atoms with Gasteiger partial charge in [0.25, 0.3) is 0 Å². The van der Waals surface area contributed by atoms with Crippen molar-refractivity contribution < 1.29 is 9.47 Å². The van der Waals surface area contributed by atoms with Crippen molar-refractivity contribution >= 4 is 15.9 Å². The van der Waals surface area contributed by atoms with E-state index in [-0.39, 0.29) is 12.1 Å². The summed E-state index contributed by atoms with van der Waals surface area (Å²) in [7, 11) is 0. The van der Waals surface area contributed by atoms with E-state index in [0.717, 1.165) is 28.9 Å². The molecule has 0 aromatic heterocycles. The monoisotopic (exact) mass is 340 g/mol. The number of hydrogen-bond donors (Lipinski definition) is 1. The van der Waals surface area contributed by atoms with Crippen LogP contribution in [0.2, 0.25) is 0 Å². The lowest BCUT2D eigenvalue weighted by molar-refractivity contribution is 0.168. The first-order chi connectivity index (χ1) is 9.58. The van der Waals surface area contributed by atoms with Gasteiger partial charge in [-0.05, 0) is 53.9 Å². The molecule has 5 heteroatoms. The summed E-state index contributed by atoms with van der Waals surface area (Å²) in [6, 6.07) is 5.12. The van der Waals surface area contributed by atoms with Gasteiger partial charge in [0.2, 0.25) is 0 Å². The average Bonchev–Trinajstić information content (AvgIpc) is 2.81. The number of nitrogens with zero attached hydrogens (tertiary/aromatic N) is 1. The highest BCUT2D eigenvalue weighted by Crippen LogP contribution is 2.43. The number of ether oxygens (including phenoxy) is 2. The fraction of sp³-hybridized carbons (Fsp3) is 0.600. The van der Waals surface area contributed by atoms with E-state index >= 15 is 0 Å². The summed E-state index contributed by atoms with van der Waals surface area (Å²) in [6.45, 7) is 6.70. The number of benzene rings is 1. The number of rotatable bonds is 2. The van der Waals surface area contributed by atoms with Crippen LogP contribution in [0.4, 0.5) is 0 Å². The van der Waals surface area contributed by atoms with Crippen LogP contribution in [-0.4, -0.2) is 36.7 Å². The van der Waals surface area contributed by atoms with E-state index in [2.05, 4.69) is 46.8 Å². The van der Waals surface area contributed by atoms with Gasteiger partial charge in [-0.2, -0.15) is 0 Å². The lowest BCUT2D eigenvalue weighted by Crippen LogP contribution is -2.36. The highest BCUT2D eigenvalue weighted by Gasteiger charge is 2.35. The molecule has 2 aliphatic rings. The third-order valence-electron chi connectivity index (χ3n) is 4.11. The highest BCUT2D eigenvalue weighted by atomic mass is 79.9. The Morgan fingerprint density at radius 1 is 1.30 bits per heavy atom. The van der Waals surface area contributed by atoms with Crippen LogP contribution >= 0.6 is 15.9 Å². The summed E-state index contributed by atoms with van der Waals surface area (Å²) < 4.78 is 12.3. The molecule has 0 radical (unpaired) electrons. The maximum atomic E-state index is 6.34. The summed E-state index contributed by atoms with van der Waals surface area (Å²) in [5.41, 5.74) is 7.54.